The molecule has 0 aromatic heterocycles. The Morgan fingerprint density at radius 3 is 2.80 bits per heavy atom. The molecule has 0 unspecified atom stereocenters. The first-order chi connectivity index (χ1) is 12.1. The molecule has 2 aliphatic heterocycles. The van der Waals surface area contributed by atoms with Gasteiger partial charge in [-0.15, -0.1) is 11.8 Å². The molecule has 0 bridgehead atoms. The monoisotopic (exact) mass is 361 g/mol. The molecule has 3 atom stereocenters. The first-order valence-electron chi connectivity index (χ1n) is 9.16. The number of hydrogen-bond donors (Lipinski definition) is 0. The number of thioether (sulfide) groups is 1. The largest absolute Gasteiger partial charge is 0.364 e. The second-order valence-electron chi connectivity index (χ2n) is 7.35. The van der Waals surface area contributed by atoms with E-state index < -0.39 is 6.10 Å². The van der Waals surface area contributed by atoms with E-state index in [4.69, 9.17) is 4.74 Å². The fraction of sp³-hybridized carbons (Fsp3) is 0.600. The van der Waals surface area contributed by atoms with Crippen molar-refractivity contribution in [2.45, 2.75) is 57.1 Å². The van der Waals surface area contributed by atoms with E-state index in [1.165, 1.54) is 0 Å². The molecule has 1 aromatic rings. The lowest BCUT2D eigenvalue weighted by molar-refractivity contribution is -0.152. The molecule has 0 N–H and O–H groups in total. The van der Waals surface area contributed by atoms with Crippen LogP contribution in [0.25, 0.3) is 0 Å². The zero-order chi connectivity index (χ0) is 17.8. The highest BCUT2D eigenvalue weighted by atomic mass is 32.2. The molecule has 1 amide bonds. The summed E-state index contributed by atoms with van der Waals surface area (Å²) in [6.07, 6.45) is 2.21. The van der Waals surface area contributed by atoms with Crippen molar-refractivity contribution >= 4 is 23.5 Å². The molecule has 0 saturated carbocycles. The van der Waals surface area contributed by atoms with E-state index >= 15 is 0 Å². The number of carbonyl (C=O) groups excluding carboxylic acids is 2. The minimum absolute atomic E-state index is 0.00446. The number of piperidine rings is 1. The molecule has 2 aliphatic rings. The fourth-order valence-electron chi connectivity index (χ4n) is 3.66. The molecule has 5 heteroatoms. The molecule has 0 spiro atoms. The smallest absolute Gasteiger partial charge is 0.252 e. The standard InChI is InChI=1S/C20H27NO3S/c1-14(2)11-17(24-12-15-7-4-3-5-8-15)20(23)21-10-6-9-18-19(21)16(22)13-25-18/h3-5,7-8,14,17-19H,6,9-13H2,1-2H3/t17-,18+,19+/m0/s1. The summed E-state index contributed by atoms with van der Waals surface area (Å²) in [5.41, 5.74) is 1.06. The SMILES string of the molecule is CC(C)C[C@H](OCc1ccccc1)C(=O)N1CCC[C@H]2SCC(=O)[C@H]21. The minimum Gasteiger partial charge on any atom is -0.364 e. The van der Waals surface area contributed by atoms with Crippen LogP contribution in [0.2, 0.25) is 0 Å². The van der Waals surface area contributed by atoms with E-state index in [0.717, 1.165) is 18.4 Å². The van der Waals surface area contributed by atoms with Crippen LogP contribution in [0, 0.1) is 5.92 Å². The Hall–Kier alpha value is -1.33. The maximum atomic E-state index is 13.2. The molecule has 2 heterocycles. The molecule has 2 saturated heterocycles. The van der Waals surface area contributed by atoms with Gasteiger partial charge >= 0.3 is 0 Å². The van der Waals surface area contributed by atoms with Crippen LogP contribution in [-0.4, -0.2) is 46.3 Å². The van der Waals surface area contributed by atoms with Crippen LogP contribution in [-0.2, 0) is 20.9 Å². The molecular weight excluding hydrogens is 334 g/mol. The van der Waals surface area contributed by atoms with E-state index in [9.17, 15) is 9.59 Å². The van der Waals surface area contributed by atoms with Gasteiger partial charge in [0, 0.05) is 11.8 Å². The van der Waals surface area contributed by atoms with Crippen molar-refractivity contribution in [3.63, 3.8) is 0 Å². The Morgan fingerprint density at radius 1 is 1.32 bits per heavy atom. The number of fused-ring (bicyclic) bond motifs is 1. The molecule has 1 aromatic carbocycles. The lowest BCUT2D eigenvalue weighted by Crippen LogP contribution is -2.54. The van der Waals surface area contributed by atoms with Gasteiger partial charge in [0.25, 0.3) is 5.91 Å². The number of benzene rings is 1. The Morgan fingerprint density at radius 2 is 2.08 bits per heavy atom. The Kier molecular flexibility index (Phi) is 6.18. The summed E-state index contributed by atoms with van der Waals surface area (Å²) in [5.74, 6) is 1.10. The predicted molar refractivity (Wildman–Crippen MR) is 100 cm³/mol. The van der Waals surface area contributed by atoms with Crippen molar-refractivity contribution in [1.82, 2.24) is 4.90 Å². The van der Waals surface area contributed by atoms with Crippen molar-refractivity contribution in [2.24, 2.45) is 5.92 Å². The summed E-state index contributed by atoms with van der Waals surface area (Å²) in [4.78, 5) is 27.3. The Labute approximate surface area is 154 Å². The number of ether oxygens (including phenoxy) is 1. The zero-order valence-corrected chi connectivity index (χ0v) is 15.8. The molecule has 136 valence electrons. The third-order valence-electron chi connectivity index (χ3n) is 4.88. The second-order valence-corrected chi connectivity index (χ2v) is 8.58. The van der Waals surface area contributed by atoms with Crippen molar-refractivity contribution in [3.8, 4) is 0 Å². The number of hydrogen-bond acceptors (Lipinski definition) is 4. The lowest BCUT2D eigenvalue weighted by Gasteiger charge is -2.38. The maximum Gasteiger partial charge on any atom is 0.252 e. The third kappa shape index (κ3) is 4.45. The highest BCUT2D eigenvalue weighted by molar-refractivity contribution is 8.01. The van der Waals surface area contributed by atoms with Crippen LogP contribution in [0.1, 0.15) is 38.7 Å². The number of amides is 1. The highest BCUT2D eigenvalue weighted by Gasteiger charge is 2.45. The average Bonchev–Trinajstić information content (AvgIpc) is 3.00. The summed E-state index contributed by atoms with van der Waals surface area (Å²) in [6, 6.07) is 9.69. The lowest BCUT2D eigenvalue weighted by atomic mass is 9.96. The zero-order valence-electron chi connectivity index (χ0n) is 15.0. The van der Waals surface area contributed by atoms with Crippen molar-refractivity contribution < 1.29 is 14.3 Å². The first kappa shape index (κ1) is 18.5. The van der Waals surface area contributed by atoms with Gasteiger partial charge in [-0.25, -0.2) is 0 Å². The van der Waals surface area contributed by atoms with E-state index in [-0.39, 0.29) is 23.0 Å². The summed E-state index contributed by atoms with van der Waals surface area (Å²) in [5, 5.41) is 0.277. The average molecular weight is 362 g/mol. The Bertz CT molecular complexity index is 604. The van der Waals surface area contributed by atoms with Gasteiger partial charge in [-0.3, -0.25) is 9.59 Å². The van der Waals surface area contributed by atoms with Crippen LogP contribution in [0.5, 0.6) is 0 Å². The quantitative estimate of drug-likeness (QED) is 0.780. The van der Waals surface area contributed by atoms with Crippen molar-refractivity contribution in [3.05, 3.63) is 35.9 Å². The number of rotatable bonds is 6. The van der Waals surface area contributed by atoms with E-state index in [1.807, 2.05) is 35.2 Å². The predicted octanol–water partition coefficient (Wildman–Crippen LogP) is 3.29. The highest BCUT2D eigenvalue weighted by Crippen LogP contribution is 2.35. The third-order valence-corrected chi connectivity index (χ3v) is 6.26. The van der Waals surface area contributed by atoms with Crippen LogP contribution in [0.15, 0.2) is 30.3 Å². The second kappa shape index (κ2) is 8.37. The number of likely N-dealkylation sites (tertiary alicyclic amines) is 1. The van der Waals surface area contributed by atoms with Gasteiger partial charge in [0.05, 0.1) is 12.4 Å². The molecule has 3 rings (SSSR count). The van der Waals surface area contributed by atoms with Crippen molar-refractivity contribution in [2.75, 3.05) is 12.3 Å². The van der Waals surface area contributed by atoms with Gasteiger partial charge in [-0.1, -0.05) is 44.2 Å². The Balaban J connectivity index is 1.70. The van der Waals surface area contributed by atoms with Crippen LogP contribution in [0.3, 0.4) is 0 Å². The molecule has 0 radical (unpaired) electrons. The summed E-state index contributed by atoms with van der Waals surface area (Å²) in [6.45, 7) is 5.30. The maximum absolute atomic E-state index is 13.2. The number of Topliss-reactive ketones (excluding diaryl/α,β-unsaturated/α-hetero) is 1. The molecule has 25 heavy (non-hydrogen) atoms. The van der Waals surface area contributed by atoms with Crippen LogP contribution < -0.4 is 0 Å². The van der Waals surface area contributed by atoms with Crippen LogP contribution >= 0.6 is 11.8 Å². The van der Waals surface area contributed by atoms with Gasteiger partial charge < -0.3 is 9.64 Å². The number of ketones is 1. The first-order valence-corrected chi connectivity index (χ1v) is 10.2. The number of nitrogens with zero attached hydrogens (tertiary/aromatic N) is 1. The van der Waals surface area contributed by atoms with Gasteiger partial charge in [0.15, 0.2) is 5.78 Å². The summed E-state index contributed by atoms with van der Waals surface area (Å²) < 4.78 is 6.03. The summed E-state index contributed by atoms with van der Waals surface area (Å²) >= 11 is 1.71. The van der Waals surface area contributed by atoms with Gasteiger partial charge in [0.1, 0.15) is 12.1 Å². The molecule has 0 aliphatic carbocycles. The topological polar surface area (TPSA) is 46.6 Å². The van der Waals surface area contributed by atoms with Gasteiger partial charge in [-0.2, -0.15) is 0 Å². The van der Waals surface area contributed by atoms with Gasteiger partial charge in [-0.05, 0) is 30.7 Å². The van der Waals surface area contributed by atoms with E-state index in [1.54, 1.807) is 11.8 Å². The molecule has 2 fully saturated rings. The summed E-state index contributed by atoms with van der Waals surface area (Å²) in [7, 11) is 0. The molecule has 4 nitrogen and oxygen atoms in total. The van der Waals surface area contributed by atoms with Crippen molar-refractivity contribution in [1.29, 1.82) is 0 Å². The van der Waals surface area contributed by atoms with E-state index in [2.05, 4.69) is 13.8 Å². The van der Waals surface area contributed by atoms with E-state index in [0.29, 0.717) is 31.2 Å². The normalized spacial score (nSPS) is 24.4. The fourth-order valence-corrected chi connectivity index (χ4v) is 5.03. The molecular formula is C20H27NO3S. The minimum atomic E-state index is -0.475. The number of carbonyl (C=O) groups is 2. The van der Waals surface area contributed by atoms with Gasteiger partial charge in [0.2, 0.25) is 0 Å². The van der Waals surface area contributed by atoms with Crippen LogP contribution in [0.4, 0.5) is 0 Å².